The van der Waals surface area contributed by atoms with Gasteiger partial charge in [-0.3, -0.25) is 14.6 Å². The number of hydrogen-bond donors (Lipinski definition) is 2. The topological polar surface area (TPSA) is 127 Å². The highest BCUT2D eigenvalue weighted by Gasteiger charge is 2.17. The van der Waals surface area contributed by atoms with Crippen molar-refractivity contribution in [2.45, 2.75) is 27.7 Å². The first-order chi connectivity index (χ1) is 14.3. The molecule has 3 rings (SSSR count). The summed E-state index contributed by atoms with van der Waals surface area (Å²) in [6.45, 7) is 8.02. The second kappa shape index (κ2) is 9.12. The summed E-state index contributed by atoms with van der Waals surface area (Å²) < 4.78 is 6.90. The average Bonchev–Trinajstić information content (AvgIpc) is 3.10. The summed E-state index contributed by atoms with van der Waals surface area (Å²) in [4.78, 5) is 26.9. The first-order valence-corrected chi connectivity index (χ1v) is 9.40. The van der Waals surface area contributed by atoms with Gasteiger partial charge in [-0.25, -0.2) is 5.43 Å². The molecule has 3 aromatic rings. The van der Waals surface area contributed by atoms with Crippen molar-refractivity contribution >= 4 is 12.1 Å². The van der Waals surface area contributed by atoms with Crippen LogP contribution in [0.15, 0.2) is 40.2 Å². The van der Waals surface area contributed by atoms with E-state index in [1.165, 1.54) is 17.8 Å². The predicted molar refractivity (Wildman–Crippen MR) is 111 cm³/mol. The van der Waals surface area contributed by atoms with Crippen LogP contribution >= 0.6 is 0 Å². The maximum atomic E-state index is 12.6. The number of rotatable bonds is 7. The molecule has 2 aromatic heterocycles. The zero-order chi connectivity index (χ0) is 21.7. The van der Waals surface area contributed by atoms with E-state index < -0.39 is 11.5 Å². The highest BCUT2D eigenvalue weighted by Crippen LogP contribution is 2.13. The summed E-state index contributed by atoms with van der Waals surface area (Å²) in [7, 11) is 0. The van der Waals surface area contributed by atoms with E-state index >= 15 is 0 Å². The van der Waals surface area contributed by atoms with Gasteiger partial charge in [-0.15, -0.1) is 10.2 Å². The van der Waals surface area contributed by atoms with E-state index in [0.717, 1.165) is 11.3 Å². The van der Waals surface area contributed by atoms with Gasteiger partial charge in [0.15, 0.2) is 0 Å². The third kappa shape index (κ3) is 5.16. The lowest BCUT2D eigenvalue weighted by Crippen LogP contribution is -2.24. The minimum absolute atomic E-state index is 0.0443. The SMILES string of the molecule is Cc1cc(C(=O)N/N=C\c2cccc(OCC(C)C)c2)n(-c2nnc(C)c(=O)[nH]2)n1. The number of aryl methyl sites for hydroxylation is 2. The first-order valence-electron chi connectivity index (χ1n) is 9.40. The summed E-state index contributed by atoms with van der Waals surface area (Å²) in [5.74, 6) is 0.683. The second-order valence-electron chi connectivity index (χ2n) is 7.12. The lowest BCUT2D eigenvalue weighted by Gasteiger charge is -2.08. The minimum atomic E-state index is -0.512. The number of hydrogen-bond acceptors (Lipinski definition) is 7. The number of carbonyl (C=O) groups is 1. The Morgan fingerprint density at radius 1 is 1.30 bits per heavy atom. The zero-order valence-electron chi connectivity index (χ0n) is 17.2. The molecule has 1 aromatic carbocycles. The monoisotopic (exact) mass is 409 g/mol. The molecule has 0 radical (unpaired) electrons. The Labute approximate surface area is 173 Å². The molecule has 10 nitrogen and oxygen atoms in total. The number of aromatic amines is 1. The smallest absolute Gasteiger partial charge is 0.290 e. The van der Waals surface area contributed by atoms with E-state index in [0.29, 0.717) is 18.2 Å². The van der Waals surface area contributed by atoms with Crippen LogP contribution in [0.3, 0.4) is 0 Å². The van der Waals surface area contributed by atoms with E-state index in [2.05, 4.69) is 44.7 Å². The van der Waals surface area contributed by atoms with Crippen LogP contribution in [0.5, 0.6) is 5.75 Å². The summed E-state index contributed by atoms with van der Waals surface area (Å²) in [5, 5.41) is 15.9. The standard InChI is InChI=1S/C20H23N7O3/c1-12(2)11-30-16-7-5-6-15(9-16)10-21-24-19(29)17-8-13(3)26-27(17)20-22-18(28)14(4)23-25-20/h5-10,12H,11H2,1-4H3,(H,24,29)(H,22,25,28)/b21-10-. The molecule has 0 unspecified atom stereocenters. The van der Waals surface area contributed by atoms with E-state index in [4.69, 9.17) is 4.74 Å². The van der Waals surface area contributed by atoms with Gasteiger partial charge in [0, 0.05) is 0 Å². The fraction of sp³-hybridized carbons (Fsp3) is 0.300. The molecule has 0 saturated carbocycles. The van der Waals surface area contributed by atoms with Crippen LogP contribution in [0.4, 0.5) is 0 Å². The van der Waals surface area contributed by atoms with Gasteiger partial charge in [-0.2, -0.15) is 14.9 Å². The molecule has 0 aliphatic carbocycles. The summed E-state index contributed by atoms with van der Waals surface area (Å²) in [6.07, 6.45) is 1.52. The van der Waals surface area contributed by atoms with Gasteiger partial charge in [0.2, 0.25) is 0 Å². The van der Waals surface area contributed by atoms with Crippen molar-refractivity contribution < 1.29 is 9.53 Å². The van der Waals surface area contributed by atoms with Crippen LogP contribution in [0.25, 0.3) is 5.95 Å². The van der Waals surface area contributed by atoms with E-state index in [1.807, 2.05) is 24.3 Å². The van der Waals surface area contributed by atoms with Gasteiger partial charge >= 0.3 is 0 Å². The maximum absolute atomic E-state index is 12.6. The van der Waals surface area contributed by atoms with Crippen molar-refractivity contribution in [1.29, 1.82) is 0 Å². The van der Waals surface area contributed by atoms with Gasteiger partial charge in [0.25, 0.3) is 17.4 Å². The number of hydrazone groups is 1. The van der Waals surface area contributed by atoms with Crippen molar-refractivity contribution in [2.24, 2.45) is 11.0 Å². The van der Waals surface area contributed by atoms with Crippen molar-refractivity contribution in [3.63, 3.8) is 0 Å². The molecule has 0 bridgehead atoms. The second-order valence-corrected chi connectivity index (χ2v) is 7.12. The van der Waals surface area contributed by atoms with Crippen LogP contribution in [0, 0.1) is 19.8 Å². The fourth-order valence-electron chi connectivity index (χ4n) is 2.47. The molecule has 30 heavy (non-hydrogen) atoms. The van der Waals surface area contributed by atoms with E-state index in [-0.39, 0.29) is 17.3 Å². The van der Waals surface area contributed by atoms with Crippen molar-refractivity contribution in [3.05, 3.63) is 63.3 Å². The van der Waals surface area contributed by atoms with Gasteiger partial charge in [0.05, 0.1) is 18.5 Å². The summed E-state index contributed by atoms with van der Waals surface area (Å²) in [5.41, 5.74) is 3.77. The van der Waals surface area contributed by atoms with Crippen LogP contribution < -0.4 is 15.7 Å². The molecule has 0 aliphatic rings. The Balaban J connectivity index is 1.73. The third-order valence-corrected chi connectivity index (χ3v) is 3.93. The molecule has 0 atom stereocenters. The molecule has 0 aliphatic heterocycles. The molecule has 1 amide bonds. The van der Waals surface area contributed by atoms with Gasteiger partial charge in [-0.05, 0) is 43.5 Å². The Morgan fingerprint density at radius 2 is 2.10 bits per heavy atom. The lowest BCUT2D eigenvalue weighted by molar-refractivity contribution is 0.0947. The molecule has 156 valence electrons. The number of nitrogens with zero attached hydrogens (tertiary/aromatic N) is 5. The molecular weight excluding hydrogens is 386 g/mol. The zero-order valence-corrected chi connectivity index (χ0v) is 17.2. The van der Waals surface area contributed by atoms with Gasteiger partial charge < -0.3 is 4.74 Å². The Bertz CT molecular complexity index is 1130. The molecule has 0 spiro atoms. The van der Waals surface area contributed by atoms with E-state index in [1.54, 1.807) is 13.0 Å². The lowest BCUT2D eigenvalue weighted by atomic mass is 10.2. The number of carbonyl (C=O) groups excluding carboxylic acids is 1. The molecule has 2 heterocycles. The number of amides is 1. The maximum Gasteiger partial charge on any atom is 0.290 e. The Morgan fingerprint density at radius 3 is 2.83 bits per heavy atom. The molecule has 0 fully saturated rings. The molecule has 2 N–H and O–H groups in total. The third-order valence-electron chi connectivity index (χ3n) is 3.93. The number of ether oxygens (including phenoxy) is 1. The number of nitrogens with one attached hydrogen (secondary N) is 2. The average molecular weight is 409 g/mol. The molecule has 0 saturated heterocycles. The van der Waals surface area contributed by atoms with Crippen molar-refractivity contribution in [1.82, 2.24) is 30.4 Å². The summed E-state index contributed by atoms with van der Waals surface area (Å²) in [6, 6.07) is 8.95. The predicted octanol–water partition coefficient (Wildman–Crippen LogP) is 1.77. The molecule has 10 heteroatoms. The number of benzene rings is 1. The fourth-order valence-corrected chi connectivity index (χ4v) is 2.47. The van der Waals surface area contributed by atoms with Crippen molar-refractivity contribution in [2.75, 3.05) is 6.61 Å². The van der Waals surface area contributed by atoms with Crippen LogP contribution in [0.2, 0.25) is 0 Å². The quantitative estimate of drug-likeness (QED) is 0.452. The largest absolute Gasteiger partial charge is 0.493 e. The Hall–Kier alpha value is -3.82. The first kappa shape index (κ1) is 20.9. The Kier molecular flexibility index (Phi) is 6.35. The van der Waals surface area contributed by atoms with Crippen LogP contribution in [0.1, 0.15) is 41.3 Å². The highest BCUT2D eigenvalue weighted by atomic mass is 16.5. The minimum Gasteiger partial charge on any atom is -0.493 e. The van der Waals surface area contributed by atoms with Gasteiger partial charge in [0.1, 0.15) is 17.1 Å². The number of H-pyrrole nitrogens is 1. The van der Waals surface area contributed by atoms with Crippen molar-refractivity contribution in [3.8, 4) is 11.7 Å². The van der Waals surface area contributed by atoms with Crippen LogP contribution in [-0.4, -0.2) is 43.7 Å². The summed E-state index contributed by atoms with van der Waals surface area (Å²) >= 11 is 0. The van der Waals surface area contributed by atoms with E-state index in [9.17, 15) is 9.59 Å². The van der Waals surface area contributed by atoms with Gasteiger partial charge in [-0.1, -0.05) is 26.0 Å². The normalized spacial score (nSPS) is 11.2. The number of aromatic nitrogens is 5. The highest BCUT2D eigenvalue weighted by molar-refractivity contribution is 5.94. The van der Waals surface area contributed by atoms with Crippen LogP contribution in [-0.2, 0) is 0 Å². The molecular formula is C20H23N7O3.